The normalized spacial score (nSPS) is 14.1. The van der Waals surface area contributed by atoms with Gasteiger partial charge in [0.2, 0.25) is 0 Å². The molecule has 0 atom stereocenters. The lowest BCUT2D eigenvalue weighted by atomic mass is 10.5. The molecule has 13 heavy (non-hydrogen) atoms. The van der Waals surface area contributed by atoms with Crippen LogP contribution in [0.2, 0.25) is 0 Å². The van der Waals surface area contributed by atoms with Gasteiger partial charge in [-0.1, -0.05) is 20.4 Å². The van der Waals surface area contributed by atoms with Gasteiger partial charge in [0.15, 0.2) is 5.78 Å². The van der Waals surface area contributed by atoms with Gasteiger partial charge in [0.1, 0.15) is 0 Å². The standard InChI is InChI=1S/C4H9NO.C4H6O.C2H6/c1-3-6-4-2-5-1;1-3-4(2)5;1-2/h5H,1-4H2;3H,1H2,2H3;1-2H3. The van der Waals surface area contributed by atoms with Gasteiger partial charge in [-0.05, 0) is 13.0 Å². The molecule has 3 nitrogen and oxygen atoms in total. The van der Waals surface area contributed by atoms with Crippen LogP contribution < -0.4 is 5.32 Å². The fourth-order valence-electron chi connectivity index (χ4n) is 0.516. The van der Waals surface area contributed by atoms with Gasteiger partial charge in [-0.15, -0.1) is 0 Å². The molecule has 78 valence electrons. The van der Waals surface area contributed by atoms with E-state index in [1.165, 1.54) is 13.0 Å². The lowest BCUT2D eigenvalue weighted by Crippen LogP contribution is -2.30. The highest BCUT2D eigenvalue weighted by Crippen LogP contribution is 1.76. The predicted octanol–water partition coefficient (Wildman–Crippen LogP) is 1.39. The maximum Gasteiger partial charge on any atom is 0.152 e. The Hall–Kier alpha value is -0.670. The number of rotatable bonds is 1. The van der Waals surface area contributed by atoms with Crippen LogP contribution in [0.5, 0.6) is 0 Å². The molecule has 1 aliphatic heterocycles. The summed E-state index contributed by atoms with van der Waals surface area (Å²) in [6, 6.07) is 0. The van der Waals surface area contributed by atoms with Crippen molar-refractivity contribution in [3.05, 3.63) is 12.7 Å². The number of allylic oxidation sites excluding steroid dienone is 1. The first-order valence-corrected chi connectivity index (χ1v) is 4.69. The van der Waals surface area contributed by atoms with Gasteiger partial charge >= 0.3 is 0 Å². The molecule has 1 N–H and O–H groups in total. The number of morpholine rings is 1. The van der Waals surface area contributed by atoms with Gasteiger partial charge in [0, 0.05) is 13.1 Å². The van der Waals surface area contributed by atoms with E-state index in [1.54, 1.807) is 0 Å². The summed E-state index contributed by atoms with van der Waals surface area (Å²) >= 11 is 0. The van der Waals surface area contributed by atoms with Gasteiger partial charge in [0.05, 0.1) is 13.2 Å². The van der Waals surface area contributed by atoms with Gasteiger partial charge in [-0.2, -0.15) is 0 Å². The molecule has 0 aromatic carbocycles. The fourth-order valence-corrected chi connectivity index (χ4v) is 0.516. The van der Waals surface area contributed by atoms with E-state index in [9.17, 15) is 4.79 Å². The van der Waals surface area contributed by atoms with Crippen LogP contribution in [0.3, 0.4) is 0 Å². The molecule has 3 heteroatoms. The topological polar surface area (TPSA) is 38.3 Å². The van der Waals surface area contributed by atoms with Crippen molar-refractivity contribution in [1.82, 2.24) is 5.32 Å². The SMILES string of the molecule is C1COCCN1.C=CC(C)=O.CC. The Morgan fingerprint density at radius 1 is 1.38 bits per heavy atom. The molecule has 0 aliphatic carbocycles. The minimum Gasteiger partial charge on any atom is -0.379 e. The van der Waals surface area contributed by atoms with Crippen LogP contribution in [0.25, 0.3) is 0 Å². The first-order valence-electron chi connectivity index (χ1n) is 4.69. The molecule has 0 amide bonds. The van der Waals surface area contributed by atoms with Crippen LogP contribution in [0, 0.1) is 0 Å². The quantitative estimate of drug-likeness (QED) is 0.630. The van der Waals surface area contributed by atoms with E-state index in [0.717, 1.165) is 26.3 Å². The van der Waals surface area contributed by atoms with E-state index >= 15 is 0 Å². The molecular weight excluding hydrogens is 166 g/mol. The zero-order chi connectivity index (χ0) is 10.5. The average Bonchev–Trinajstić information content (AvgIpc) is 2.24. The molecule has 0 aromatic heterocycles. The Kier molecular flexibility index (Phi) is 15.8. The van der Waals surface area contributed by atoms with Gasteiger partial charge in [0.25, 0.3) is 0 Å². The third kappa shape index (κ3) is 18.4. The number of hydrogen-bond donors (Lipinski definition) is 1. The average molecular weight is 187 g/mol. The molecule has 0 radical (unpaired) electrons. The highest BCUT2D eigenvalue weighted by atomic mass is 16.5. The van der Waals surface area contributed by atoms with Crippen molar-refractivity contribution in [2.24, 2.45) is 0 Å². The second-order valence-corrected chi connectivity index (χ2v) is 2.18. The van der Waals surface area contributed by atoms with E-state index in [0.29, 0.717) is 0 Å². The van der Waals surface area contributed by atoms with Gasteiger partial charge in [-0.3, -0.25) is 4.79 Å². The minimum atomic E-state index is 0.0185. The summed E-state index contributed by atoms with van der Waals surface area (Å²) in [5.74, 6) is 0.0185. The number of ketones is 1. The van der Waals surface area contributed by atoms with Crippen LogP contribution in [-0.2, 0) is 9.53 Å². The predicted molar refractivity (Wildman–Crippen MR) is 55.9 cm³/mol. The molecule has 0 spiro atoms. The Labute approximate surface area is 81.2 Å². The highest BCUT2D eigenvalue weighted by Gasteiger charge is 1.92. The monoisotopic (exact) mass is 187 g/mol. The van der Waals surface area contributed by atoms with E-state index in [2.05, 4.69) is 11.9 Å². The number of carbonyl (C=O) groups is 1. The third-order valence-corrected chi connectivity index (χ3v) is 1.13. The van der Waals surface area contributed by atoms with Crippen molar-refractivity contribution in [3.63, 3.8) is 0 Å². The Bertz CT molecular complexity index is 109. The van der Waals surface area contributed by atoms with Gasteiger partial charge < -0.3 is 10.1 Å². The summed E-state index contributed by atoms with van der Waals surface area (Å²) in [5.41, 5.74) is 0. The molecule has 1 aliphatic rings. The van der Waals surface area contributed by atoms with Crippen molar-refractivity contribution in [2.45, 2.75) is 20.8 Å². The molecule has 1 saturated heterocycles. The lowest BCUT2D eigenvalue weighted by Gasteiger charge is -2.10. The van der Waals surface area contributed by atoms with Crippen LogP contribution >= 0.6 is 0 Å². The smallest absolute Gasteiger partial charge is 0.152 e. The van der Waals surface area contributed by atoms with Crippen molar-refractivity contribution >= 4 is 5.78 Å². The Balaban J connectivity index is 0. The van der Waals surface area contributed by atoms with E-state index in [4.69, 9.17) is 4.74 Å². The molecule has 0 bridgehead atoms. The maximum atomic E-state index is 9.69. The summed E-state index contributed by atoms with van der Waals surface area (Å²) < 4.78 is 5.01. The van der Waals surface area contributed by atoms with Crippen LogP contribution in [0.1, 0.15) is 20.8 Å². The fraction of sp³-hybridized carbons (Fsp3) is 0.700. The largest absolute Gasteiger partial charge is 0.379 e. The molecule has 1 heterocycles. The van der Waals surface area contributed by atoms with Crippen LogP contribution in [0.4, 0.5) is 0 Å². The van der Waals surface area contributed by atoms with Crippen LogP contribution in [0.15, 0.2) is 12.7 Å². The second kappa shape index (κ2) is 13.9. The number of carbonyl (C=O) groups excluding carboxylic acids is 1. The van der Waals surface area contributed by atoms with Crippen molar-refractivity contribution in [3.8, 4) is 0 Å². The van der Waals surface area contributed by atoms with E-state index in [-0.39, 0.29) is 5.78 Å². The van der Waals surface area contributed by atoms with E-state index < -0.39 is 0 Å². The first-order chi connectivity index (χ1) is 6.27. The van der Waals surface area contributed by atoms with Crippen molar-refractivity contribution < 1.29 is 9.53 Å². The molecule has 1 rings (SSSR count). The first kappa shape index (κ1) is 14.8. The van der Waals surface area contributed by atoms with Crippen LogP contribution in [-0.4, -0.2) is 32.1 Å². The maximum absolute atomic E-state index is 9.69. The summed E-state index contributed by atoms with van der Waals surface area (Å²) in [7, 11) is 0. The van der Waals surface area contributed by atoms with Crippen molar-refractivity contribution in [1.29, 1.82) is 0 Å². The molecule has 0 saturated carbocycles. The molecular formula is C10H21NO2. The highest BCUT2D eigenvalue weighted by molar-refractivity contribution is 5.86. The summed E-state index contributed by atoms with van der Waals surface area (Å²) in [6.45, 7) is 12.5. The molecule has 0 aromatic rings. The third-order valence-electron chi connectivity index (χ3n) is 1.13. The molecule has 1 fully saturated rings. The zero-order valence-electron chi connectivity index (χ0n) is 8.93. The lowest BCUT2D eigenvalue weighted by molar-refractivity contribution is -0.112. The molecule has 0 unspecified atom stereocenters. The summed E-state index contributed by atoms with van der Waals surface area (Å²) in [4.78, 5) is 9.69. The Morgan fingerprint density at radius 3 is 1.85 bits per heavy atom. The number of nitrogens with one attached hydrogen (secondary N) is 1. The van der Waals surface area contributed by atoms with Gasteiger partial charge in [-0.25, -0.2) is 0 Å². The number of hydrogen-bond acceptors (Lipinski definition) is 3. The van der Waals surface area contributed by atoms with Crippen molar-refractivity contribution in [2.75, 3.05) is 26.3 Å². The van der Waals surface area contributed by atoms with E-state index in [1.807, 2.05) is 13.8 Å². The number of ether oxygens (including phenoxy) is 1. The summed E-state index contributed by atoms with van der Waals surface area (Å²) in [6.07, 6.45) is 1.28. The Morgan fingerprint density at radius 2 is 1.77 bits per heavy atom. The zero-order valence-corrected chi connectivity index (χ0v) is 8.93. The second-order valence-electron chi connectivity index (χ2n) is 2.18. The minimum absolute atomic E-state index is 0.0185. The summed E-state index contributed by atoms with van der Waals surface area (Å²) in [5, 5.41) is 3.16.